The molecule has 0 aliphatic carbocycles. The molecule has 0 bridgehead atoms. The summed E-state index contributed by atoms with van der Waals surface area (Å²) in [6.07, 6.45) is 0. The van der Waals surface area contributed by atoms with Gasteiger partial charge in [0.15, 0.2) is 5.96 Å². The zero-order chi connectivity index (χ0) is 19.5. The van der Waals surface area contributed by atoms with Crippen LogP contribution in [0.5, 0.6) is 5.75 Å². The highest BCUT2D eigenvalue weighted by Crippen LogP contribution is 2.15. The standard InChI is InChI=1S/C20H25ClN4O2.HI/c1-3-22-20(25-14-16-6-4-5-7-18(16)21)24-13-12-23-19(26)15-8-10-17(27-2)11-9-15;/h4-11H,3,12-14H2,1-2H3,(H,23,26)(H2,22,24,25);1H. The monoisotopic (exact) mass is 516 g/mol. The molecule has 0 aliphatic rings. The highest BCUT2D eigenvalue weighted by molar-refractivity contribution is 14.0. The Hall–Kier alpha value is -2.00. The van der Waals surface area contributed by atoms with Crippen molar-refractivity contribution in [1.82, 2.24) is 16.0 Å². The molecular weight excluding hydrogens is 491 g/mol. The lowest BCUT2D eigenvalue weighted by Crippen LogP contribution is -2.41. The third-order valence-electron chi connectivity index (χ3n) is 3.76. The van der Waals surface area contributed by atoms with Crippen molar-refractivity contribution in [1.29, 1.82) is 0 Å². The Bertz CT molecular complexity index is 769. The number of carbonyl (C=O) groups excluding carboxylic acids is 1. The SMILES string of the molecule is CCNC(=NCc1ccccc1Cl)NCCNC(=O)c1ccc(OC)cc1.I. The quantitative estimate of drug-likeness (QED) is 0.217. The van der Waals surface area contributed by atoms with Gasteiger partial charge in [0.25, 0.3) is 5.91 Å². The van der Waals surface area contributed by atoms with E-state index in [1.807, 2.05) is 31.2 Å². The zero-order valence-electron chi connectivity index (χ0n) is 16.0. The summed E-state index contributed by atoms with van der Waals surface area (Å²) in [6, 6.07) is 14.6. The minimum absolute atomic E-state index is 0. The first kappa shape index (κ1) is 24.0. The highest BCUT2D eigenvalue weighted by atomic mass is 127. The number of methoxy groups -OCH3 is 1. The lowest BCUT2D eigenvalue weighted by Gasteiger charge is -2.12. The minimum Gasteiger partial charge on any atom is -0.497 e. The Morgan fingerprint density at radius 3 is 2.36 bits per heavy atom. The van der Waals surface area contributed by atoms with E-state index in [0.29, 0.717) is 36.2 Å². The molecule has 0 aliphatic heterocycles. The molecule has 0 spiro atoms. The summed E-state index contributed by atoms with van der Waals surface area (Å²) in [6.45, 7) is 4.25. The smallest absolute Gasteiger partial charge is 0.251 e. The summed E-state index contributed by atoms with van der Waals surface area (Å²) in [5, 5.41) is 9.94. The summed E-state index contributed by atoms with van der Waals surface area (Å²) in [7, 11) is 1.59. The fourth-order valence-electron chi connectivity index (χ4n) is 2.33. The molecular formula is C20H26ClIN4O2. The van der Waals surface area contributed by atoms with Gasteiger partial charge in [-0.2, -0.15) is 0 Å². The molecule has 0 saturated carbocycles. The Morgan fingerprint density at radius 1 is 1.04 bits per heavy atom. The van der Waals surface area contributed by atoms with Gasteiger partial charge in [0.1, 0.15) is 5.75 Å². The van der Waals surface area contributed by atoms with Gasteiger partial charge in [-0.25, -0.2) is 4.99 Å². The third kappa shape index (κ3) is 7.93. The Kier molecular flexibility index (Phi) is 11.4. The third-order valence-corrected chi connectivity index (χ3v) is 4.13. The number of nitrogens with zero attached hydrogens (tertiary/aromatic N) is 1. The topological polar surface area (TPSA) is 74.8 Å². The van der Waals surface area contributed by atoms with E-state index < -0.39 is 0 Å². The van der Waals surface area contributed by atoms with Gasteiger partial charge in [-0.15, -0.1) is 24.0 Å². The van der Waals surface area contributed by atoms with Crippen LogP contribution in [0.2, 0.25) is 5.02 Å². The van der Waals surface area contributed by atoms with Crippen LogP contribution in [0.25, 0.3) is 0 Å². The minimum atomic E-state index is -0.127. The number of ether oxygens (including phenoxy) is 1. The molecule has 8 heteroatoms. The highest BCUT2D eigenvalue weighted by Gasteiger charge is 2.05. The number of aliphatic imine (C=N–C) groups is 1. The van der Waals surface area contributed by atoms with E-state index >= 15 is 0 Å². The van der Waals surface area contributed by atoms with Crippen molar-refractivity contribution in [3.05, 3.63) is 64.7 Å². The van der Waals surface area contributed by atoms with Gasteiger partial charge in [0.05, 0.1) is 13.7 Å². The summed E-state index contributed by atoms with van der Waals surface area (Å²) >= 11 is 6.16. The molecule has 0 heterocycles. The lowest BCUT2D eigenvalue weighted by molar-refractivity contribution is 0.0954. The first-order chi connectivity index (χ1) is 13.1. The van der Waals surface area contributed by atoms with Crippen molar-refractivity contribution in [2.75, 3.05) is 26.7 Å². The van der Waals surface area contributed by atoms with E-state index in [2.05, 4.69) is 20.9 Å². The van der Waals surface area contributed by atoms with Crippen molar-refractivity contribution in [3.63, 3.8) is 0 Å². The Morgan fingerprint density at radius 2 is 1.71 bits per heavy atom. The van der Waals surface area contributed by atoms with E-state index in [1.54, 1.807) is 31.4 Å². The van der Waals surface area contributed by atoms with Crippen LogP contribution in [0, 0.1) is 0 Å². The van der Waals surface area contributed by atoms with Gasteiger partial charge in [-0.3, -0.25) is 4.79 Å². The maximum atomic E-state index is 12.1. The predicted molar refractivity (Wildman–Crippen MR) is 125 cm³/mol. The number of hydrogen-bond acceptors (Lipinski definition) is 3. The molecule has 2 aromatic carbocycles. The van der Waals surface area contributed by atoms with Crippen LogP contribution in [0.1, 0.15) is 22.8 Å². The Labute approximate surface area is 188 Å². The van der Waals surface area contributed by atoms with E-state index in [-0.39, 0.29) is 29.9 Å². The molecule has 28 heavy (non-hydrogen) atoms. The predicted octanol–water partition coefficient (Wildman–Crippen LogP) is 3.45. The molecule has 0 fully saturated rings. The van der Waals surface area contributed by atoms with Crippen LogP contribution in [-0.4, -0.2) is 38.6 Å². The molecule has 0 saturated heterocycles. The van der Waals surface area contributed by atoms with Gasteiger partial charge >= 0.3 is 0 Å². The molecule has 1 amide bonds. The maximum Gasteiger partial charge on any atom is 0.251 e. The van der Waals surface area contributed by atoms with Crippen molar-refractivity contribution >= 4 is 47.4 Å². The molecule has 2 rings (SSSR count). The van der Waals surface area contributed by atoms with Crippen molar-refractivity contribution in [3.8, 4) is 5.75 Å². The molecule has 3 N–H and O–H groups in total. The number of carbonyl (C=O) groups is 1. The van der Waals surface area contributed by atoms with E-state index in [0.717, 1.165) is 17.9 Å². The van der Waals surface area contributed by atoms with Gasteiger partial charge in [-0.1, -0.05) is 29.8 Å². The molecule has 2 aromatic rings. The number of hydrogen-bond donors (Lipinski definition) is 3. The van der Waals surface area contributed by atoms with E-state index in [4.69, 9.17) is 16.3 Å². The second-order valence-corrected chi connectivity index (χ2v) is 6.10. The van der Waals surface area contributed by atoms with Gasteiger partial charge in [0, 0.05) is 30.2 Å². The summed E-state index contributed by atoms with van der Waals surface area (Å²) in [5.74, 6) is 1.27. The second-order valence-electron chi connectivity index (χ2n) is 5.70. The van der Waals surface area contributed by atoms with Crippen molar-refractivity contribution < 1.29 is 9.53 Å². The normalized spacial score (nSPS) is 10.6. The largest absolute Gasteiger partial charge is 0.497 e. The summed E-state index contributed by atoms with van der Waals surface area (Å²) in [4.78, 5) is 16.6. The number of amides is 1. The summed E-state index contributed by atoms with van der Waals surface area (Å²) in [5.41, 5.74) is 1.55. The van der Waals surface area contributed by atoms with Crippen LogP contribution in [-0.2, 0) is 6.54 Å². The number of nitrogens with one attached hydrogen (secondary N) is 3. The second kappa shape index (κ2) is 13.2. The number of benzene rings is 2. The first-order valence-electron chi connectivity index (χ1n) is 8.82. The zero-order valence-corrected chi connectivity index (χ0v) is 19.1. The van der Waals surface area contributed by atoms with Gasteiger partial charge in [-0.05, 0) is 42.8 Å². The first-order valence-corrected chi connectivity index (χ1v) is 9.19. The van der Waals surface area contributed by atoms with Crippen LogP contribution < -0.4 is 20.7 Å². The van der Waals surface area contributed by atoms with Crippen LogP contribution in [0.3, 0.4) is 0 Å². The van der Waals surface area contributed by atoms with Gasteiger partial charge < -0.3 is 20.7 Å². The van der Waals surface area contributed by atoms with E-state index in [9.17, 15) is 4.79 Å². The van der Waals surface area contributed by atoms with Crippen molar-refractivity contribution in [2.24, 2.45) is 4.99 Å². The van der Waals surface area contributed by atoms with Crippen LogP contribution >= 0.6 is 35.6 Å². The van der Waals surface area contributed by atoms with Gasteiger partial charge in [0.2, 0.25) is 0 Å². The average Bonchev–Trinajstić information content (AvgIpc) is 2.70. The summed E-state index contributed by atoms with van der Waals surface area (Å²) < 4.78 is 5.09. The lowest BCUT2D eigenvalue weighted by atomic mass is 10.2. The Balaban J connectivity index is 0.00000392. The average molecular weight is 517 g/mol. The molecule has 0 radical (unpaired) electrons. The number of halogens is 2. The van der Waals surface area contributed by atoms with Crippen molar-refractivity contribution in [2.45, 2.75) is 13.5 Å². The fourth-order valence-corrected chi connectivity index (χ4v) is 2.53. The van der Waals surface area contributed by atoms with Crippen LogP contribution in [0.15, 0.2) is 53.5 Å². The molecule has 0 aromatic heterocycles. The number of guanidine groups is 1. The van der Waals surface area contributed by atoms with Crippen LogP contribution in [0.4, 0.5) is 0 Å². The molecule has 6 nitrogen and oxygen atoms in total. The van der Waals surface area contributed by atoms with E-state index in [1.165, 1.54) is 0 Å². The maximum absolute atomic E-state index is 12.1. The number of rotatable bonds is 8. The molecule has 0 unspecified atom stereocenters. The fraction of sp³-hybridized carbons (Fsp3) is 0.300. The molecule has 0 atom stereocenters. The molecule has 152 valence electrons.